The predicted molar refractivity (Wildman–Crippen MR) is 321 cm³/mol. The minimum atomic E-state index is -1.51. The molecule has 0 aliphatic heterocycles. The normalized spacial score (nSPS) is 12.2. The molecule has 9 aromatic rings. The molecule has 1 heterocycles. The van der Waals surface area contributed by atoms with Gasteiger partial charge < -0.3 is 28.4 Å². The van der Waals surface area contributed by atoms with Crippen molar-refractivity contribution in [3.05, 3.63) is 305 Å². The Labute approximate surface area is 499 Å². The molecule has 8 aromatic carbocycles. The Hall–Kier alpha value is -10.7. The lowest BCUT2D eigenvalue weighted by Gasteiger charge is -2.35. The molecule has 0 radical (unpaired) electrons. The summed E-state index contributed by atoms with van der Waals surface area (Å²) in [5.74, 6) is -4.03. The number of hydrogen-bond acceptors (Lipinski definition) is 13. The number of nitrogens with zero attached hydrogens (tertiary/aromatic N) is 3. The molecule has 15 heteroatoms. The monoisotopic (exact) mass is 1150 g/mol. The lowest BCUT2D eigenvalue weighted by Crippen LogP contribution is -2.57. The Morgan fingerprint density at radius 1 is 0.302 bits per heavy atom. The highest BCUT2D eigenvalue weighted by Gasteiger charge is 2.44. The van der Waals surface area contributed by atoms with Crippen LogP contribution in [0, 0.1) is 0 Å². The highest BCUT2D eigenvalue weighted by molar-refractivity contribution is 5.89. The van der Waals surface area contributed by atoms with Gasteiger partial charge in [0.05, 0.1) is 0 Å². The van der Waals surface area contributed by atoms with Crippen molar-refractivity contribution < 1.29 is 57.2 Å². The van der Waals surface area contributed by atoms with Gasteiger partial charge in [-0.15, -0.1) is 0 Å². The van der Waals surface area contributed by atoms with Gasteiger partial charge in [-0.3, -0.25) is 9.80 Å². The maximum absolute atomic E-state index is 15.4. The van der Waals surface area contributed by atoms with E-state index >= 15 is 9.59 Å². The lowest BCUT2D eigenvalue weighted by molar-refractivity contribution is -0.159. The molecule has 434 valence electrons. The zero-order valence-corrected chi connectivity index (χ0v) is 47.0. The molecule has 0 aliphatic rings. The zero-order valence-electron chi connectivity index (χ0n) is 47.0. The van der Waals surface area contributed by atoms with E-state index in [9.17, 15) is 19.2 Å². The molecule has 0 fully saturated rings. The first-order valence-electron chi connectivity index (χ1n) is 28.1. The van der Waals surface area contributed by atoms with Gasteiger partial charge >= 0.3 is 36.1 Å². The van der Waals surface area contributed by atoms with Gasteiger partial charge in [-0.2, -0.15) is 0 Å². The molecule has 0 aliphatic carbocycles. The van der Waals surface area contributed by atoms with E-state index in [0.29, 0.717) is 44.5 Å². The average molecular weight is 1150 g/mol. The SMILES string of the molecule is O=C(OCc1ccccc1)C(Cc1ccccc1)N(C(=O)Oc1ccnc(OC(=O)N(C(Cc2ccccc2)C(=O)OCc2ccccc2)C(Cc2ccccc2)C(=O)OCc2ccccc2)c1)C(Cc1ccccc1)C(=O)OCc1ccccc1. The van der Waals surface area contributed by atoms with Crippen molar-refractivity contribution >= 4 is 36.1 Å². The van der Waals surface area contributed by atoms with Crippen LogP contribution >= 0.6 is 0 Å². The second kappa shape index (κ2) is 31.1. The first-order chi connectivity index (χ1) is 42.1. The fourth-order valence-corrected chi connectivity index (χ4v) is 9.58. The Bertz CT molecular complexity index is 3150. The van der Waals surface area contributed by atoms with E-state index in [4.69, 9.17) is 28.4 Å². The van der Waals surface area contributed by atoms with E-state index in [-0.39, 0.29) is 57.9 Å². The number of aromatic nitrogens is 1. The molecule has 0 N–H and O–H groups in total. The number of carbonyl (C=O) groups excluding carboxylic acids is 6. The number of benzene rings is 8. The van der Waals surface area contributed by atoms with Crippen LogP contribution in [0.1, 0.15) is 44.5 Å². The highest BCUT2D eigenvalue weighted by atomic mass is 16.6. The van der Waals surface area contributed by atoms with Crippen molar-refractivity contribution in [3.63, 3.8) is 0 Å². The number of amides is 2. The van der Waals surface area contributed by atoms with Gasteiger partial charge in [0.25, 0.3) is 0 Å². The van der Waals surface area contributed by atoms with Gasteiger partial charge in [0.1, 0.15) is 56.3 Å². The first kappa shape index (κ1) is 59.9. The zero-order chi connectivity index (χ0) is 59.7. The maximum atomic E-state index is 15.4. The van der Waals surface area contributed by atoms with Crippen LogP contribution < -0.4 is 9.47 Å². The van der Waals surface area contributed by atoms with Gasteiger partial charge in [-0.25, -0.2) is 33.8 Å². The molecule has 86 heavy (non-hydrogen) atoms. The molecule has 2 amide bonds. The number of hydrogen-bond donors (Lipinski definition) is 0. The molecule has 0 saturated carbocycles. The summed E-state index contributed by atoms with van der Waals surface area (Å²) in [5, 5.41) is 0. The third-order valence-electron chi connectivity index (χ3n) is 13.9. The van der Waals surface area contributed by atoms with Gasteiger partial charge in [0.15, 0.2) is 0 Å². The Kier molecular flexibility index (Phi) is 21.7. The number of pyridine rings is 1. The van der Waals surface area contributed by atoms with Crippen molar-refractivity contribution in [1.82, 2.24) is 14.8 Å². The van der Waals surface area contributed by atoms with Gasteiger partial charge in [0.2, 0.25) is 5.88 Å². The van der Waals surface area contributed by atoms with Crippen LogP contribution in [0.4, 0.5) is 9.59 Å². The Morgan fingerprint density at radius 3 is 0.791 bits per heavy atom. The number of carbonyl (C=O) groups is 6. The summed E-state index contributed by atoms with van der Waals surface area (Å²) >= 11 is 0. The van der Waals surface area contributed by atoms with Gasteiger partial charge in [-0.1, -0.05) is 243 Å². The van der Waals surface area contributed by atoms with Crippen LogP contribution in [-0.2, 0) is 90.2 Å². The van der Waals surface area contributed by atoms with E-state index < -0.39 is 66.1 Å². The Morgan fingerprint density at radius 2 is 0.535 bits per heavy atom. The summed E-state index contributed by atoms with van der Waals surface area (Å²) in [7, 11) is 0. The van der Waals surface area contributed by atoms with Gasteiger partial charge in [0, 0.05) is 37.9 Å². The largest absolute Gasteiger partial charge is 0.459 e. The van der Waals surface area contributed by atoms with E-state index in [1.54, 1.807) is 194 Å². The number of rotatable bonds is 26. The second-order valence-corrected chi connectivity index (χ2v) is 20.1. The fourth-order valence-electron chi connectivity index (χ4n) is 9.58. The van der Waals surface area contributed by atoms with Crippen molar-refractivity contribution in [1.29, 1.82) is 0 Å². The van der Waals surface area contributed by atoms with Crippen molar-refractivity contribution in [2.24, 2.45) is 0 Å². The van der Waals surface area contributed by atoms with Crippen LogP contribution in [0.5, 0.6) is 11.6 Å². The van der Waals surface area contributed by atoms with Crippen LogP contribution in [0.3, 0.4) is 0 Å². The first-order valence-corrected chi connectivity index (χ1v) is 28.1. The smallest absolute Gasteiger partial charge is 0.418 e. The highest BCUT2D eigenvalue weighted by Crippen LogP contribution is 2.27. The van der Waals surface area contributed by atoms with Crippen LogP contribution in [0.2, 0.25) is 0 Å². The molecule has 9 rings (SSSR count). The van der Waals surface area contributed by atoms with Crippen LogP contribution in [0.25, 0.3) is 0 Å². The van der Waals surface area contributed by atoms with Crippen molar-refractivity contribution in [3.8, 4) is 11.6 Å². The summed E-state index contributed by atoms with van der Waals surface area (Å²) in [6.07, 6.45) is -1.65. The molecule has 0 saturated heterocycles. The molecule has 1 aromatic heterocycles. The molecule has 4 atom stereocenters. The molecule has 0 spiro atoms. The maximum Gasteiger partial charge on any atom is 0.418 e. The number of esters is 4. The Balaban J connectivity index is 1.09. The van der Waals surface area contributed by atoms with Crippen molar-refractivity contribution in [2.45, 2.75) is 76.3 Å². The minimum absolute atomic E-state index is 0.119. The lowest BCUT2D eigenvalue weighted by atomic mass is 9.99. The van der Waals surface area contributed by atoms with E-state index in [2.05, 4.69) is 4.98 Å². The van der Waals surface area contributed by atoms with E-state index in [1.165, 1.54) is 12.3 Å². The molecular weight excluding hydrogens is 1090 g/mol. The third-order valence-corrected chi connectivity index (χ3v) is 13.9. The van der Waals surface area contributed by atoms with Crippen molar-refractivity contribution in [2.75, 3.05) is 0 Å². The fraction of sp³-hybridized carbons (Fsp3) is 0.169. The quantitative estimate of drug-likeness (QED) is 0.0370. The molecular formula is C71H63N3O12. The van der Waals surface area contributed by atoms with Crippen LogP contribution in [0.15, 0.2) is 261 Å². The predicted octanol–water partition coefficient (Wildman–Crippen LogP) is 12.1. The number of ether oxygens (including phenoxy) is 6. The van der Waals surface area contributed by atoms with Gasteiger partial charge in [-0.05, 0) is 50.6 Å². The molecule has 0 bridgehead atoms. The summed E-state index contributed by atoms with van der Waals surface area (Å²) in [6, 6.07) is 68.4. The topological polar surface area (TPSA) is 177 Å². The average Bonchev–Trinajstić information content (AvgIpc) is 3.72. The molecule has 15 nitrogen and oxygen atoms in total. The third kappa shape index (κ3) is 17.7. The second-order valence-electron chi connectivity index (χ2n) is 20.1. The summed E-state index contributed by atoms with van der Waals surface area (Å²) < 4.78 is 36.2. The minimum Gasteiger partial charge on any atom is -0.459 e. The summed E-state index contributed by atoms with van der Waals surface area (Å²) in [6.45, 7) is -0.621. The van der Waals surface area contributed by atoms with Crippen LogP contribution in [-0.4, -0.2) is 75.0 Å². The summed E-state index contributed by atoms with van der Waals surface area (Å²) in [4.78, 5) is 96.5. The standard InChI is InChI=1S/C71H63N3O12/c75-66(81-48-56-33-17-5-18-34-56)61(43-52-25-9-1-10-26-52)73(62(44-53-27-11-2-12-28-53)67(76)82-49-57-35-19-6-20-36-57)70(79)85-60-41-42-72-65(47-60)86-71(80)74(63(45-54-29-13-3-14-30-54)68(77)83-50-58-37-21-7-22-38-58)64(46-55-31-15-4-16-32-55)69(78)84-51-59-39-23-8-24-40-59/h1-42,47,61-64H,43-46,48-51H2. The van der Waals surface area contributed by atoms with E-state index in [0.717, 1.165) is 15.9 Å². The summed E-state index contributed by atoms with van der Waals surface area (Å²) in [5.41, 5.74) is 5.24. The van der Waals surface area contributed by atoms with E-state index in [1.807, 2.05) is 48.5 Å². The molecule has 4 unspecified atom stereocenters.